The maximum absolute atomic E-state index is 12.5. The van der Waals surface area contributed by atoms with Crippen molar-refractivity contribution in [1.82, 2.24) is 25.1 Å². The molecular weight excluding hydrogens is 338 g/mol. The maximum Gasteiger partial charge on any atom is 0.320 e. The average molecular weight is 359 g/mol. The highest BCUT2D eigenvalue weighted by Gasteiger charge is 2.29. The number of piperidine rings is 1. The highest BCUT2D eigenvalue weighted by Crippen LogP contribution is 2.21. The van der Waals surface area contributed by atoms with Crippen LogP contribution in [0.2, 0.25) is 0 Å². The molecule has 0 radical (unpaired) electrons. The Balaban J connectivity index is 1.39. The summed E-state index contributed by atoms with van der Waals surface area (Å²) in [6, 6.07) is 1.96. The standard InChI is InChI=1S/C17H21N5O2S/c23-15(16-20-13-10-18-6-5-14(13)25-16)19-12-4-3-9-22(11-12)17(24)21-7-1-2-8-21/h5-6,10,12H,1-4,7-9,11H2,(H,19,23). The molecule has 4 heterocycles. The molecule has 7 nitrogen and oxygen atoms in total. The zero-order valence-electron chi connectivity index (χ0n) is 14.0. The molecule has 0 saturated carbocycles. The van der Waals surface area contributed by atoms with Crippen LogP contribution in [0.3, 0.4) is 0 Å². The monoisotopic (exact) mass is 359 g/mol. The quantitative estimate of drug-likeness (QED) is 0.891. The number of nitrogens with zero attached hydrogens (tertiary/aromatic N) is 4. The van der Waals surface area contributed by atoms with Crippen molar-refractivity contribution < 1.29 is 9.59 Å². The predicted octanol–water partition coefficient (Wildman–Crippen LogP) is 2.10. The van der Waals surface area contributed by atoms with Crippen molar-refractivity contribution in [2.75, 3.05) is 26.2 Å². The Hall–Kier alpha value is -2.22. The minimum absolute atomic E-state index is 0.0158. The van der Waals surface area contributed by atoms with Gasteiger partial charge in [-0.2, -0.15) is 0 Å². The summed E-state index contributed by atoms with van der Waals surface area (Å²) in [5, 5.41) is 3.50. The van der Waals surface area contributed by atoms with Crippen molar-refractivity contribution in [3.8, 4) is 0 Å². The zero-order chi connectivity index (χ0) is 17.2. The van der Waals surface area contributed by atoms with Gasteiger partial charge < -0.3 is 15.1 Å². The van der Waals surface area contributed by atoms with E-state index in [2.05, 4.69) is 15.3 Å². The first-order valence-corrected chi connectivity index (χ1v) is 9.57. The van der Waals surface area contributed by atoms with Gasteiger partial charge in [0.25, 0.3) is 5.91 Å². The lowest BCUT2D eigenvalue weighted by Crippen LogP contribution is -2.52. The first-order valence-electron chi connectivity index (χ1n) is 8.76. The van der Waals surface area contributed by atoms with Crippen molar-refractivity contribution >= 4 is 33.5 Å². The second kappa shape index (κ2) is 6.95. The van der Waals surface area contributed by atoms with Gasteiger partial charge in [0.2, 0.25) is 0 Å². The number of carbonyl (C=O) groups excluding carboxylic acids is 2. The Morgan fingerprint density at radius 3 is 2.76 bits per heavy atom. The van der Waals surface area contributed by atoms with Gasteiger partial charge in [-0.25, -0.2) is 9.78 Å². The van der Waals surface area contributed by atoms with E-state index in [4.69, 9.17) is 0 Å². The van der Waals surface area contributed by atoms with E-state index in [9.17, 15) is 9.59 Å². The first-order chi connectivity index (χ1) is 12.2. The van der Waals surface area contributed by atoms with Gasteiger partial charge in [0, 0.05) is 38.4 Å². The molecule has 2 saturated heterocycles. The number of carbonyl (C=O) groups is 2. The van der Waals surface area contributed by atoms with Crippen LogP contribution in [-0.4, -0.2) is 63.9 Å². The van der Waals surface area contributed by atoms with E-state index >= 15 is 0 Å². The van der Waals surface area contributed by atoms with E-state index in [-0.39, 0.29) is 18.0 Å². The number of rotatable bonds is 2. The molecule has 1 atom stereocenters. The minimum Gasteiger partial charge on any atom is -0.345 e. The molecule has 0 spiro atoms. The molecule has 3 amide bonds. The highest BCUT2D eigenvalue weighted by molar-refractivity contribution is 7.20. The van der Waals surface area contributed by atoms with Gasteiger partial charge in [0.1, 0.15) is 5.52 Å². The molecule has 0 aromatic carbocycles. The Morgan fingerprint density at radius 1 is 1.16 bits per heavy atom. The van der Waals surface area contributed by atoms with Crippen LogP contribution in [0.25, 0.3) is 10.2 Å². The Labute approximate surface area is 150 Å². The third-order valence-electron chi connectivity index (χ3n) is 4.79. The molecule has 0 bridgehead atoms. The molecule has 2 aromatic rings. The summed E-state index contributed by atoms with van der Waals surface area (Å²) >= 11 is 1.37. The van der Waals surface area contributed by atoms with Gasteiger partial charge >= 0.3 is 6.03 Å². The second-order valence-electron chi connectivity index (χ2n) is 6.60. The van der Waals surface area contributed by atoms with Gasteiger partial charge in [-0.05, 0) is 31.7 Å². The van der Waals surface area contributed by atoms with E-state index in [1.165, 1.54) is 11.3 Å². The summed E-state index contributed by atoms with van der Waals surface area (Å²) in [4.78, 5) is 37.2. The van der Waals surface area contributed by atoms with Crippen LogP contribution in [0, 0.1) is 0 Å². The van der Waals surface area contributed by atoms with E-state index in [1.807, 2.05) is 15.9 Å². The molecule has 2 fully saturated rings. The number of pyridine rings is 1. The molecule has 0 aliphatic carbocycles. The van der Waals surface area contributed by atoms with Crippen LogP contribution in [0.4, 0.5) is 4.79 Å². The fraction of sp³-hybridized carbons (Fsp3) is 0.529. The summed E-state index contributed by atoms with van der Waals surface area (Å²) in [5.41, 5.74) is 0.743. The molecule has 132 valence electrons. The van der Waals surface area contributed by atoms with Crippen molar-refractivity contribution in [2.24, 2.45) is 0 Å². The number of urea groups is 1. The third-order valence-corrected chi connectivity index (χ3v) is 5.82. The molecule has 2 aliphatic heterocycles. The molecule has 1 N–H and O–H groups in total. The van der Waals surface area contributed by atoms with Crippen molar-refractivity contribution in [3.63, 3.8) is 0 Å². The van der Waals surface area contributed by atoms with Gasteiger partial charge in [0.05, 0.1) is 10.9 Å². The zero-order valence-corrected chi connectivity index (χ0v) is 14.8. The second-order valence-corrected chi connectivity index (χ2v) is 7.63. The summed E-state index contributed by atoms with van der Waals surface area (Å²) in [6.07, 6.45) is 7.35. The summed E-state index contributed by atoms with van der Waals surface area (Å²) < 4.78 is 0.953. The number of thiazole rings is 1. The van der Waals surface area contributed by atoms with Crippen molar-refractivity contribution in [2.45, 2.75) is 31.7 Å². The fourth-order valence-electron chi connectivity index (χ4n) is 3.50. The number of hydrogen-bond donors (Lipinski definition) is 1. The number of hydrogen-bond acceptors (Lipinski definition) is 5. The van der Waals surface area contributed by atoms with E-state index in [0.717, 1.165) is 55.5 Å². The van der Waals surface area contributed by atoms with Gasteiger partial charge in [-0.3, -0.25) is 9.78 Å². The Kier molecular flexibility index (Phi) is 4.52. The molecule has 2 aliphatic rings. The van der Waals surface area contributed by atoms with Gasteiger partial charge in [-0.1, -0.05) is 0 Å². The largest absolute Gasteiger partial charge is 0.345 e. The van der Waals surface area contributed by atoms with Crippen LogP contribution >= 0.6 is 11.3 Å². The SMILES string of the molecule is O=C(NC1CCCN(C(=O)N2CCCC2)C1)c1nc2cnccc2s1. The van der Waals surface area contributed by atoms with E-state index in [1.54, 1.807) is 12.4 Å². The highest BCUT2D eigenvalue weighted by atomic mass is 32.1. The first kappa shape index (κ1) is 16.3. The molecule has 2 aromatic heterocycles. The summed E-state index contributed by atoms with van der Waals surface area (Å²) in [6.45, 7) is 3.06. The molecular formula is C17H21N5O2S. The van der Waals surface area contributed by atoms with Crippen LogP contribution in [0.5, 0.6) is 0 Å². The average Bonchev–Trinajstić information content (AvgIpc) is 3.31. The van der Waals surface area contributed by atoms with Gasteiger partial charge in [-0.15, -0.1) is 11.3 Å². The van der Waals surface area contributed by atoms with Crippen LogP contribution in [0.15, 0.2) is 18.5 Å². The van der Waals surface area contributed by atoms with Crippen molar-refractivity contribution in [3.05, 3.63) is 23.5 Å². The molecule has 1 unspecified atom stereocenters. The van der Waals surface area contributed by atoms with E-state index in [0.29, 0.717) is 11.6 Å². The van der Waals surface area contributed by atoms with Crippen molar-refractivity contribution in [1.29, 1.82) is 0 Å². The minimum atomic E-state index is -0.165. The summed E-state index contributed by atoms with van der Waals surface area (Å²) in [5.74, 6) is -0.165. The lowest BCUT2D eigenvalue weighted by molar-refractivity contribution is 0.0900. The van der Waals surface area contributed by atoms with Gasteiger partial charge in [0.15, 0.2) is 5.01 Å². The Bertz CT molecular complexity index is 753. The van der Waals surface area contributed by atoms with Crippen LogP contribution < -0.4 is 5.32 Å². The van der Waals surface area contributed by atoms with Crippen LogP contribution in [0.1, 0.15) is 35.5 Å². The lowest BCUT2D eigenvalue weighted by Gasteiger charge is -2.35. The predicted molar refractivity (Wildman–Crippen MR) is 95.7 cm³/mol. The topological polar surface area (TPSA) is 78.4 Å². The Morgan fingerprint density at radius 2 is 1.96 bits per heavy atom. The third kappa shape index (κ3) is 3.44. The summed E-state index contributed by atoms with van der Waals surface area (Å²) in [7, 11) is 0. The number of fused-ring (bicyclic) bond motifs is 1. The number of likely N-dealkylation sites (tertiary alicyclic amines) is 2. The smallest absolute Gasteiger partial charge is 0.320 e. The number of aromatic nitrogens is 2. The molecule has 25 heavy (non-hydrogen) atoms. The fourth-order valence-corrected chi connectivity index (χ4v) is 4.34. The molecule has 4 rings (SSSR count). The number of amides is 3. The normalized spacial score (nSPS) is 20.9. The maximum atomic E-state index is 12.5. The molecule has 8 heteroatoms. The van der Waals surface area contributed by atoms with Crippen LogP contribution in [-0.2, 0) is 0 Å². The van der Waals surface area contributed by atoms with E-state index < -0.39 is 0 Å². The number of nitrogens with one attached hydrogen (secondary N) is 1. The lowest BCUT2D eigenvalue weighted by atomic mass is 10.1.